The molecule has 3 rings (SSSR count). The van der Waals surface area contributed by atoms with Crippen LogP contribution in [0.4, 0.5) is 0 Å². The standard InChI is InChI=1S/C19H20N2/c1-14-7-9-16(10-8-14)19(20-2)13-17-12-11-15-5-3-4-6-18(15)21-17/h3-12,19-20H,13H2,1-2H3. The highest BCUT2D eigenvalue weighted by atomic mass is 14.9. The number of nitrogens with zero attached hydrogens (tertiary/aromatic N) is 1. The average molecular weight is 276 g/mol. The molecule has 1 aromatic heterocycles. The van der Waals surface area contributed by atoms with Crippen molar-refractivity contribution in [2.45, 2.75) is 19.4 Å². The van der Waals surface area contributed by atoms with E-state index in [-0.39, 0.29) is 0 Å². The van der Waals surface area contributed by atoms with Crippen LogP contribution < -0.4 is 5.32 Å². The Morgan fingerprint density at radius 1 is 0.952 bits per heavy atom. The van der Waals surface area contributed by atoms with E-state index in [0.29, 0.717) is 6.04 Å². The Kier molecular flexibility index (Phi) is 3.98. The number of aryl methyl sites for hydroxylation is 1. The van der Waals surface area contributed by atoms with E-state index in [9.17, 15) is 0 Å². The van der Waals surface area contributed by atoms with Crippen LogP contribution in [0.1, 0.15) is 22.9 Å². The molecule has 0 amide bonds. The lowest BCUT2D eigenvalue weighted by Gasteiger charge is -2.17. The van der Waals surface area contributed by atoms with Crippen molar-refractivity contribution in [3.63, 3.8) is 0 Å². The van der Waals surface area contributed by atoms with E-state index in [0.717, 1.165) is 17.6 Å². The predicted octanol–water partition coefficient (Wildman–Crippen LogP) is 4.05. The van der Waals surface area contributed by atoms with Crippen molar-refractivity contribution in [2.75, 3.05) is 7.05 Å². The van der Waals surface area contributed by atoms with Gasteiger partial charge in [0.2, 0.25) is 0 Å². The fraction of sp³-hybridized carbons (Fsp3) is 0.211. The largest absolute Gasteiger partial charge is 0.313 e. The Labute approximate surface area is 125 Å². The first-order valence-electron chi connectivity index (χ1n) is 7.35. The minimum atomic E-state index is 0.291. The summed E-state index contributed by atoms with van der Waals surface area (Å²) in [4.78, 5) is 4.77. The molecule has 2 heteroatoms. The zero-order chi connectivity index (χ0) is 14.7. The molecule has 2 aromatic carbocycles. The number of pyridine rings is 1. The van der Waals surface area contributed by atoms with E-state index in [1.807, 2.05) is 19.2 Å². The average Bonchev–Trinajstić information content (AvgIpc) is 2.53. The van der Waals surface area contributed by atoms with Gasteiger partial charge in [0, 0.05) is 23.5 Å². The molecule has 0 aliphatic rings. The number of benzene rings is 2. The second-order valence-electron chi connectivity index (χ2n) is 5.45. The summed E-state index contributed by atoms with van der Waals surface area (Å²) in [6.07, 6.45) is 0.893. The normalized spacial score (nSPS) is 12.5. The summed E-state index contributed by atoms with van der Waals surface area (Å²) in [5, 5.41) is 4.59. The van der Waals surface area contributed by atoms with Crippen molar-refractivity contribution < 1.29 is 0 Å². The summed E-state index contributed by atoms with van der Waals surface area (Å²) < 4.78 is 0. The van der Waals surface area contributed by atoms with Crippen LogP contribution in [-0.2, 0) is 6.42 Å². The highest BCUT2D eigenvalue weighted by Crippen LogP contribution is 2.19. The van der Waals surface area contributed by atoms with Gasteiger partial charge in [-0.25, -0.2) is 0 Å². The molecule has 0 aliphatic carbocycles. The Balaban J connectivity index is 1.86. The van der Waals surface area contributed by atoms with Crippen LogP contribution in [-0.4, -0.2) is 12.0 Å². The molecule has 1 N–H and O–H groups in total. The summed E-state index contributed by atoms with van der Waals surface area (Å²) in [6.45, 7) is 2.11. The highest BCUT2D eigenvalue weighted by Gasteiger charge is 2.11. The Hall–Kier alpha value is -2.19. The van der Waals surface area contributed by atoms with Crippen molar-refractivity contribution in [2.24, 2.45) is 0 Å². The van der Waals surface area contributed by atoms with Gasteiger partial charge in [-0.15, -0.1) is 0 Å². The van der Waals surface area contributed by atoms with Crippen LogP contribution in [0.25, 0.3) is 10.9 Å². The lowest BCUT2D eigenvalue weighted by atomic mass is 10.0. The van der Waals surface area contributed by atoms with Crippen molar-refractivity contribution in [3.05, 3.63) is 77.5 Å². The first kappa shape index (κ1) is 13.8. The van der Waals surface area contributed by atoms with Crippen molar-refractivity contribution in [1.82, 2.24) is 10.3 Å². The molecular formula is C19H20N2. The van der Waals surface area contributed by atoms with Gasteiger partial charge in [-0.2, -0.15) is 0 Å². The predicted molar refractivity (Wildman–Crippen MR) is 88.4 cm³/mol. The third kappa shape index (κ3) is 3.11. The molecule has 3 aromatic rings. The van der Waals surface area contributed by atoms with Crippen molar-refractivity contribution in [3.8, 4) is 0 Å². The van der Waals surface area contributed by atoms with Crippen molar-refractivity contribution in [1.29, 1.82) is 0 Å². The fourth-order valence-corrected chi connectivity index (χ4v) is 2.62. The summed E-state index contributed by atoms with van der Waals surface area (Å²) in [6, 6.07) is 21.5. The van der Waals surface area contributed by atoms with E-state index in [2.05, 4.69) is 60.8 Å². The Morgan fingerprint density at radius 2 is 1.71 bits per heavy atom. The molecule has 0 saturated carbocycles. The lowest BCUT2D eigenvalue weighted by molar-refractivity contribution is 0.585. The molecule has 2 nitrogen and oxygen atoms in total. The van der Waals surface area contributed by atoms with Gasteiger partial charge < -0.3 is 5.32 Å². The van der Waals surface area contributed by atoms with Gasteiger partial charge in [0.1, 0.15) is 0 Å². The maximum absolute atomic E-state index is 4.77. The Bertz CT molecular complexity index is 732. The second kappa shape index (κ2) is 6.06. The highest BCUT2D eigenvalue weighted by molar-refractivity contribution is 5.78. The topological polar surface area (TPSA) is 24.9 Å². The van der Waals surface area contributed by atoms with Gasteiger partial charge in [0.15, 0.2) is 0 Å². The third-order valence-electron chi connectivity index (χ3n) is 3.90. The number of para-hydroxylation sites is 1. The minimum absolute atomic E-state index is 0.291. The second-order valence-corrected chi connectivity index (χ2v) is 5.45. The summed E-state index contributed by atoms with van der Waals surface area (Å²) >= 11 is 0. The van der Waals surface area contributed by atoms with Crippen LogP contribution >= 0.6 is 0 Å². The first-order chi connectivity index (χ1) is 10.3. The van der Waals surface area contributed by atoms with Crippen LogP contribution in [0.5, 0.6) is 0 Å². The number of hydrogen-bond donors (Lipinski definition) is 1. The fourth-order valence-electron chi connectivity index (χ4n) is 2.62. The van der Waals surface area contributed by atoms with Crippen LogP contribution in [0.15, 0.2) is 60.7 Å². The smallest absolute Gasteiger partial charge is 0.0705 e. The molecule has 0 bridgehead atoms. The van der Waals surface area contributed by atoms with Gasteiger partial charge in [-0.05, 0) is 31.7 Å². The summed E-state index contributed by atoms with van der Waals surface area (Å²) in [7, 11) is 2.01. The zero-order valence-electron chi connectivity index (χ0n) is 12.5. The Morgan fingerprint density at radius 3 is 2.48 bits per heavy atom. The molecule has 1 heterocycles. The minimum Gasteiger partial charge on any atom is -0.313 e. The number of aromatic nitrogens is 1. The SMILES string of the molecule is CNC(Cc1ccc2ccccc2n1)c1ccc(C)cc1. The molecule has 0 saturated heterocycles. The van der Waals surface area contributed by atoms with Gasteiger partial charge in [-0.1, -0.05) is 54.1 Å². The van der Waals surface area contributed by atoms with E-state index in [1.165, 1.54) is 16.5 Å². The van der Waals surface area contributed by atoms with E-state index < -0.39 is 0 Å². The van der Waals surface area contributed by atoms with Crippen molar-refractivity contribution >= 4 is 10.9 Å². The molecule has 0 aliphatic heterocycles. The summed E-state index contributed by atoms with van der Waals surface area (Å²) in [5.74, 6) is 0. The van der Waals surface area contributed by atoms with Crippen LogP contribution in [0, 0.1) is 6.92 Å². The monoisotopic (exact) mass is 276 g/mol. The number of hydrogen-bond acceptors (Lipinski definition) is 2. The molecular weight excluding hydrogens is 256 g/mol. The molecule has 21 heavy (non-hydrogen) atoms. The summed E-state index contributed by atoms with van der Waals surface area (Å²) in [5.41, 5.74) is 4.78. The van der Waals surface area contributed by atoms with Gasteiger partial charge in [0.25, 0.3) is 0 Å². The van der Waals surface area contributed by atoms with E-state index in [1.54, 1.807) is 0 Å². The molecule has 0 spiro atoms. The maximum atomic E-state index is 4.77. The quantitative estimate of drug-likeness (QED) is 0.777. The molecule has 106 valence electrons. The van der Waals surface area contributed by atoms with E-state index >= 15 is 0 Å². The van der Waals surface area contributed by atoms with Gasteiger partial charge in [-0.3, -0.25) is 4.98 Å². The van der Waals surface area contributed by atoms with E-state index in [4.69, 9.17) is 4.98 Å². The number of fused-ring (bicyclic) bond motifs is 1. The number of rotatable bonds is 4. The molecule has 1 unspecified atom stereocenters. The lowest BCUT2D eigenvalue weighted by Crippen LogP contribution is -2.19. The molecule has 0 radical (unpaired) electrons. The van der Waals surface area contributed by atoms with Gasteiger partial charge >= 0.3 is 0 Å². The first-order valence-corrected chi connectivity index (χ1v) is 7.35. The van der Waals surface area contributed by atoms with Crippen LogP contribution in [0.2, 0.25) is 0 Å². The molecule has 1 atom stereocenters. The number of nitrogens with one attached hydrogen (secondary N) is 1. The zero-order valence-corrected chi connectivity index (χ0v) is 12.5. The number of likely N-dealkylation sites (N-methyl/N-ethyl adjacent to an activating group) is 1. The maximum Gasteiger partial charge on any atom is 0.0705 e. The third-order valence-corrected chi connectivity index (χ3v) is 3.90. The van der Waals surface area contributed by atoms with Gasteiger partial charge in [0.05, 0.1) is 5.52 Å². The van der Waals surface area contributed by atoms with Crippen LogP contribution in [0.3, 0.4) is 0 Å². The molecule has 0 fully saturated rings.